The van der Waals surface area contributed by atoms with E-state index in [0.717, 1.165) is 22.4 Å². The second kappa shape index (κ2) is 9.27. The largest absolute Gasteiger partial charge is 0.497 e. The smallest absolute Gasteiger partial charge is 0.331 e. The van der Waals surface area contributed by atoms with Crippen LogP contribution in [0.1, 0.15) is 16.7 Å². The molecule has 5 heteroatoms. The van der Waals surface area contributed by atoms with Crippen molar-refractivity contribution in [2.24, 2.45) is 0 Å². The fourth-order valence-electron chi connectivity index (χ4n) is 2.16. The van der Waals surface area contributed by atoms with E-state index in [4.69, 9.17) is 9.47 Å². The number of aryl methyl sites for hydroxylation is 1. The Hall–Kier alpha value is -3.08. The summed E-state index contributed by atoms with van der Waals surface area (Å²) < 4.78 is 10.0. The van der Waals surface area contributed by atoms with Gasteiger partial charge in [0, 0.05) is 12.6 Å². The molecule has 0 aliphatic carbocycles. The van der Waals surface area contributed by atoms with Gasteiger partial charge in [0.2, 0.25) is 0 Å². The van der Waals surface area contributed by atoms with Gasteiger partial charge in [-0.1, -0.05) is 42.0 Å². The Morgan fingerprint density at radius 3 is 2.68 bits per heavy atom. The number of hydrogen-bond donors (Lipinski definition) is 1. The van der Waals surface area contributed by atoms with Gasteiger partial charge in [-0.15, -0.1) is 0 Å². The molecule has 2 aromatic carbocycles. The molecule has 0 aliphatic heterocycles. The molecule has 0 atom stereocenters. The third-order valence-corrected chi connectivity index (χ3v) is 3.42. The number of rotatable bonds is 7. The molecule has 1 amide bonds. The van der Waals surface area contributed by atoms with E-state index in [9.17, 15) is 9.59 Å². The molecule has 0 radical (unpaired) electrons. The quantitative estimate of drug-likeness (QED) is 0.622. The molecule has 0 fully saturated rings. The highest BCUT2D eigenvalue weighted by Crippen LogP contribution is 2.12. The van der Waals surface area contributed by atoms with Gasteiger partial charge in [0.25, 0.3) is 5.91 Å². The van der Waals surface area contributed by atoms with E-state index in [-0.39, 0.29) is 12.5 Å². The van der Waals surface area contributed by atoms with Crippen LogP contribution in [-0.2, 0) is 20.9 Å². The maximum absolute atomic E-state index is 11.8. The second-order valence-corrected chi connectivity index (χ2v) is 5.48. The van der Waals surface area contributed by atoms with Crippen LogP contribution in [0, 0.1) is 6.92 Å². The van der Waals surface area contributed by atoms with Crippen LogP contribution >= 0.6 is 0 Å². The van der Waals surface area contributed by atoms with Crippen LogP contribution in [0.25, 0.3) is 6.08 Å². The van der Waals surface area contributed by atoms with Crippen LogP contribution < -0.4 is 10.1 Å². The standard InChI is InChI=1S/C20H21NO4/c1-15-5-3-6-16(11-15)9-10-20(23)25-14-19(22)21-13-17-7-4-8-18(12-17)24-2/h3-12H,13-14H2,1-2H3,(H,21,22)/b10-9+. The first-order valence-electron chi connectivity index (χ1n) is 7.88. The Labute approximate surface area is 147 Å². The molecule has 2 rings (SSSR count). The zero-order valence-electron chi connectivity index (χ0n) is 14.3. The summed E-state index contributed by atoms with van der Waals surface area (Å²) >= 11 is 0. The minimum atomic E-state index is -0.557. The first-order valence-corrected chi connectivity index (χ1v) is 7.88. The maximum atomic E-state index is 11.8. The number of benzene rings is 2. The van der Waals surface area contributed by atoms with Crippen LogP contribution in [0.4, 0.5) is 0 Å². The Kier molecular flexibility index (Phi) is 6.77. The maximum Gasteiger partial charge on any atom is 0.331 e. The molecule has 0 spiro atoms. The number of hydrogen-bond acceptors (Lipinski definition) is 4. The average molecular weight is 339 g/mol. The normalized spacial score (nSPS) is 10.5. The van der Waals surface area contributed by atoms with E-state index in [2.05, 4.69) is 5.32 Å². The fraction of sp³-hybridized carbons (Fsp3) is 0.200. The van der Waals surface area contributed by atoms with Crippen molar-refractivity contribution in [1.82, 2.24) is 5.32 Å². The molecule has 0 aromatic heterocycles. The first-order chi connectivity index (χ1) is 12.1. The van der Waals surface area contributed by atoms with Crippen LogP contribution in [0.2, 0.25) is 0 Å². The van der Waals surface area contributed by atoms with E-state index >= 15 is 0 Å². The summed E-state index contributed by atoms with van der Waals surface area (Å²) in [5.74, 6) is -0.197. The van der Waals surface area contributed by atoms with Crippen molar-refractivity contribution >= 4 is 18.0 Å². The number of amides is 1. The minimum Gasteiger partial charge on any atom is -0.497 e. The van der Waals surface area contributed by atoms with Crippen molar-refractivity contribution in [3.05, 3.63) is 71.3 Å². The monoisotopic (exact) mass is 339 g/mol. The van der Waals surface area contributed by atoms with Gasteiger partial charge >= 0.3 is 5.97 Å². The summed E-state index contributed by atoms with van der Waals surface area (Å²) in [6, 6.07) is 15.1. The molecule has 0 bridgehead atoms. The highest BCUT2D eigenvalue weighted by Gasteiger charge is 2.05. The molecule has 0 saturated heterocycles. The third kappa shape index (κ3) is 6.51. The van der Waals surface area contributed by atoms with Crippen molar-refractivity contribution in [3.8, 4) is 5.75 Å². The topological polar surface area (TPSA) is 64.6 Å². The molecule has 0 aliphatic rings. The van der Waals surface area contributed by atoms with Gasteiger partial charge in [0.05, 0.1) is 7.11 Å². The number of esters is 1. The van der Waals surface area contributed by atoms with Gasteiger partial charge in [-0.3, -0.25) is 4.79 Å². The molecule has 0 heterocycles. The molecular formula is C20H21NO4. The van der Waals surface area contributed by atoms with E-state index < -0.39 is 5.97 Å². The van der Waals surface area contributed by atoms with Gasteiger partial charge in [0.15, 0.2) is 6.61 Å². The average Bonchev–Trinajstić information content (AvgIpc) is 2.63. The SMILES string of the molecule is COc1cccc(CNC(=O)COC(=O)/C=C/c2cccc(C)c2)c1. The number of carbonyl (C=O) groups is 2. The highest BCUT2D eigenvalue weighted by molar-refractivity contribution is 5.89. The van der Waals surface area contributed by atoms with Gasteiger partial charge in [-0.2, -0.15) is 0 Å². The lowest BCUT2D eigenvalue weighted by Gasteiger charge is -2.07. The van der Waals surface area contributed by atoms with Gasteiger partial charge < -0.3 is 14.8 Å². The molecule has 1 N–H and O–H groups in total. The van der Waals surface area contributed by atoms with Gasteiger partial charge in [-0.05, 0) is 36.3 Å². The lowest BCUT2D eigenvalue weighted by atomic mass is 10.1. The lowest BCUT2D eigenvalue weighted by Crippen LogP contribution is -2.28. The van der Waals surface area contributed by atoms with Gasteiger partial charge in [0.1, 0.15) is 5.75 Å². The van der Waals surface area contributed by atoms with Crippen LogP contribution in [0.3, 0.4) is 0 Å². The predicted molar refractivity (Wildman–Crippen MR) is 96.0 cm³/mol. The highest BCUT2D eigenvalue weighted by atomic mass is 16.5. The number of ether oxygens (including phenoxy) is 2. The Bertz CT molecular complexity index is 768. The zero-order chi connectivity index (χ0) is 18.1. The summed E-state index contributed by atoms with van der Waals surface area (Å²) in [5, 5.41) is 2.69. The first kappa shape index (κ1) is 18.3. The summed E-state index contributed by atoms with van der Waals surface area (Å²) in [5.41, 5.74) is 2.91. The third-order valence-electron chi connectivity index (χ3n) is 3.42. The van der Waals surface area contributed by atoms with Crippen molar-refractivity contribution in [1.29, 1.82) is 0 Å². The molecule has 0 unspecified atom stereocenters. The summed E-state index contributed by atoms with van der Waals surface area (Å²) in [6.45, 7) is 2.00. The molecule has 130 valence electrons. The lowest BCUT2D eigenvalue weighted by molar-refractivity contribution is -0.143. The van der Waals surface area contributed by atoms with Crippen molar-refractivity contribution in [3.63, 3.8) is 0 Å². The Morgan fingerprint density at radius 2 is 1.92 bits per heavy atom. The van der Waals surface area contributed by atoms with E-state index in [1.807, 2.05) is 55.5 Å². The van der Waals surface area contributed by atoms with E-state index in [1.54, 1.807) is 13.2 Å². The molecule has 25 heavy (non-hydrogen) atoms. The summed E-state index contributed by atoms with van der Waals surface area (Å²) in [6.07, 6.45) is 2.97. The Morgan fingerprint density at radius 1 is 1.12 bits per heavy atom. The van der Waals surface area contributed by atoms with E-state index in [1.165, 1.54) is 6.08 Å². The van der Waals surface area contributed by atoms with Crippen LogP contribution in [0.5, 0.6) is 5.75 Å². The molecular weight excluding hydrogens is 318 g/mol. The minimum absolute atomic E-state index is 0.318. The number of methoxy groups -OCH3 is 1. The number of nitrogens with one attached hydrogen (secondary N) is 1. The molecule has 5 nitrogen and oxygen atoms in total. The summed E-state index contributed by atoms with van der Waals surface area (Å²) in [4.78, 5) is 23.4. The van der Waals surface area contributed by atoms with Crippen LogP contribution in [0.15, 0.2) is 54.6 Å². The molecule has 2 aromatic rings. The second-order valence-electron chi connectivity index (χ2n) is 5.48. The molecule has 0 saturated carbocycles. The summed E-state index contributed by atoms with van der Waals surface area (Å²) in [7, 11) is 1.58. The van der Waals surface area contributed by atoms with Crippen molar-refractivity contribution in [2.75, 3.05) is 13.7 Å². The zero-order valence-corrected chi connectivity index (χ0v) is 14.3. The predicted octanol–water partition coefficient (Wildman–Crippen LogP) is 2.88. The van der Waals surface area contributed by atoms with E-state index in [0.29, 0.717) is 6.54 Å². The number of carbonyl (C=O) groups excluding carboxylic acids is 2. The van der Waals surface area contributed by atoms with Crippen LogP contribution in [-0.4, -0.2) is 25.6 Å². The fourth-order valence-corrected chi connectivity index (χ4v) is 2.16. The Balaban J connectivity index is 1.74. The van der Waals surface area contributed by atoms with Crippen molar-refractivity contribution < 1.29 is 19.1 Å². The van der Waals surface area contributed by atoms with Crippen molar-refractivity contribution in [2.45, 2.75) is 13.5 Å². The van der Waals surface area contributed by atoms with Gasteiger partial charge in [-0.25, -0.2) is 4.79 Å².